The van der Waals surface area contributed by atoms with Crippen molar-refractivity contribution in [3.05, 3.63) is 48.1 Å². The summed E-state index contributed by atoms with van der Waals surface area (Å²) in [5, 5.41) is 29.9. The quantitative estimate of drug-likeness (QED) is 0.285. The lowest BCUT2D eigenvalue weighted by atomic mass is 9.56. The zero-order chi connectivity index (χ0) is 24.1. The molecule has 0 spiro atoms. The van der Waals surface area contributed by atoms with Crippen molar-refractivity contribution in [1.82, 2.24) is 0 Å². The van der Waals surface area contributed by atoms with Crippen LogP contribution in [-0.2, 0) is 14.3 Å². The number of carbonyl (C=O) groups is 2. The molecule has 32 heavy (non-hydrogen) atoms. The molecule has 0 radical (unpaired) electrons. The molecule has 0 saturated heterocycles. The van der Waals surface area contributed by atoms with Crippen LogP contribution >= 0.6 is 0 Å². The van der Waals surface area contributed by atoms with Crippen LogP contribution in [0.4, 0.5) is 0 Å². The van der Waals surface area contributed by atoms with Gasteiger partial charge in [0.2, 0.25) is 0 Å². The maximum atomic E-state index is 12.7. The molecule has 3 N–H and O–H groups in total. The van der Waals surface area contributed by atoms with E-state index in [0.717, 1.165) is 11.1 Å². The Morgan fingerprint density at radius 1 is 1.34 bits per heavy atom. The molecule has 0 amide bonds. The van der Waals surface area contributed by atoms with Gasteiger partial charge in [-0.05, 0) is 52.5 Å². The first-order valence-corrected chi connectivity index (χ1v) is 11.4. The van der Waals surface area contributed by atoms with Crippen molar-refractivity contribution in [3.63, 3.8) is 0 Å². The lowest BCUT2D eigenvalue weighted by molar-refractivity contribution is -0.165. The van der Waals surface area contributed by atoms with Crippen molar-refractivity contribution in [2.75, 3.05) is 6.61 Å². The molecular formula is C26H38O6. The standard InChI is InChI=1S/C26H38O6/c1-16(2)21-14-26(15-27)19(5)24(12-11-20(26)13-23(21)30)32-25(31)18(4)22(29)10-8-6-7-9-17(3)28/h6-8,10,13,17-19,21-22,24,27-29H,1,9,11-12,14-15H2,2-5H3/b7-6+,10-8+/t17-,18-,19-,21-,22-,24+,26-/m0/s1. The first-order valence-electron chi connectivity index (χ1n) is 11.4. The third-order valence-corrected chi connectivity index (χ3v) is 7.06. The van der Waals surface area contributed by atoms with Gasteiger partial charge in [0.25, 0.3) is 0 Å². The molecule has 0 unspecified atom stereocenters. The number of allylic oxidation sites excluding steroid dienone is 4. The SMILES string of the molecule is C=C(C)[C@@H]1C[C@@]2(CO)C(=CC1=O)CC[C@@H](OC(=O)[C@@H](C)[C@@H](O)/C=C/C=C/C[C@H](C)O)[C@@H]2C. The van der Waals surface area contributed by atoms with E-state index >= 15 is 0 Å². The summed E-state index contributed by atoms with van der Waals surface area (Å²) in [7, 11) is 0. The van der Waals surface area contributed by atoms with Crippen molar-refractivity contribution < 1.29 is 29.6 Å². The Hall–Kier alpha value is -2.02. The molecule has 178 valence electrons. The summed E-state index contributed by atoms with van der Waals surface area (Å²) >= 11 is 0. The fourth-order valence-corrected chi connectivity index (χ4v) is 4.70. The minimum absolute atomic E-state index is 0.0326. The Morgan fingerprint density at radius 2 is 2.03 bits per heavy atom. The van der Waals surface area contributed by atoms with Crippen LogP contribution in [0.3, 0.4) is 0 Å². The fraction of sp³-hybridized carbons (Fsp3) is 0.615. The third kappa shape index (κ3) is 5.85. The molecule has 0 aliphatic heterocycles. The van der Waals surface area contributed by atoms with Crippen LogP contribution in [0.5, 0.6) is 0 Å². The highest BCUT2D eigenvalue weighted by Crippen LogP contribution is 2.53. The summed E-state index contributed by atoms with van der Waals surface area (Å²) in [6.45, 7) is 10.9. The predicted octanol–water partition coefficient (Wildman–Crippen LogP) is 3.28. The van der Waals surface area contributed by atoms with Crippen molar-refractivity contribution in [2.24, 2.45) is 23.2 Å². The van der Waals surface area contributed by atoms with Crippen LogP contribution in [0.1, 0.15) is 53.4 Å². The molecule has 2 aliphatic carbocycles. The molecule has 0 aromatic carbocycles. The van der Waals surface area contributed by atoms with Gasteiger partial charge in [-0.15, -0.1) is 0 Å². The van der Waals surface area contributed by atoms with E-state index in [1.165, 1.54) is 6.08 Å². The van der Waals surface area contributed by atoms with E-state index in [2.05, 4.69) is 6.58 Å². The first-order chi connectivity index (χ1) is 15.0. The van der Waals surface area contributed by atoms with E-state index in [9.17, 15) is 24.9 Å². The number of esters is 1. The fourth-order valence-electron chi connectivity index (χ4n) is 4.70. The van der Waals surface area contributed by atoms with Crippen molar-refractivity contribution >= 4 is 11.8 Å². The number of ketones is 1. The minimum Gasteiger partial charge on any atom is -0.462 e. The number of aliphatic hydroxyl groups excluding tert-OH is 3. The van der Waals surface area contributed by atoms with Crippen LogP contribution in [-0.4, -0.2) is 52.0 Å². The maximum absolute atomic E-state index is 12.7. The first kappa shape index (κ1) is 26.2. The molecule has 6 nitrogen and oxygen atoms in total. The van der Waals surface area contributed by atoms with Crippen LogP contribution in [0.2, 0.25) is 0 Å². The van der Waals surface area contributed by atoms with Crippen molar-refractivity contribution in [3.8, 4) is 0 Å². The van der Waals surface area contributed by atoms with Gasteiger partial charge < -0.3 is 20.1 Å². The highest BCUT2D eigenvalue weighted by Gasteiger charge is 2.51. The zero-order valence-corrected chi connectivity index (χ0v) is 19.7. The summed E-state index contributed by atoms with van der Waals surface area (Å²) in [6, 6.07) is 0. The summed E-state index contributed by atoms with van der Waals surface area (Å²) in [6.07, 6.45) is 8.65. The summed E-state index contributed by atoms with van der Waals surface area (Å²) in [5.74, 6) is -1.71. The second-order valence-corrected chi connectivity index (χ2v) is 9.47. The topological polar surface area (TPSA) is 104 Å². The molecule has 1 fully saturated rings. The molecule has 6 heteroatoms. The number of carbonyl (C=O) groups excluding carboxylic acids is 2. The third-order valence-electron chi connectivity index (χ3n) is 7.06. The number of rotatable bonds is 9. The van der Waals surface area contributed by atoms with E-state index in [0.29, 0.717) is 25.7 Å². The number of hydrogen-bond donors (Lipinski definition) is 3. The molecule has 0 aromatic heterocycles. The van der Waals surface area contributed by atoms with Gasteiger partial charge in [-0.1, -0.05) is 49.0 Å². The van der Waals surface area contributed by atoms with Crippen LogP contribution in [0.25, 0.3) is 0 Å². The van der Waals surface area contributed by atoms with Gasteiger partial charge >= 0.3 is 5.97 Å². The average molecular weight is 447 g/mol. The maximum Gasteiger partial charge on any atom is 0.311 e. The van der Waals surface area contributed by atoms with E-state index in [-0.39, 0.29) is 24.2 Å². The van der Waals surface area contributed by atoms with Crippen LogP contribution in [0.15, 0.2) is 48.1 Å². The average Bonchev–Trinajstić information content (AvgIpc) is 2.74. The largest absolute Gasteiger partial charge is 0.462 e. The van der Waals surface area contributed by atoms with Gasteiger partial charge in [0.1, 0.15) is 6.10 Å². The molecule has 2 aliphatic rings. The Morgan fingerprint density at radius 3 is 2.62 bits per heavy atom. The lowest BCUT2D eigenvalue weighted by Gasteiger charge is -2.50. The van der Waals surface area contributed by atoms with Gasteiger partial charge in [0.05, 0.1) is 24.7 Å². The van der Waals surface area contributed by atoms with E-state index in [1.807, 2.05) is 13.8 Å². The summed E-state index contributed by atoms with van der Waals surface area (Å²) in [4.78, 5) is 25.2. The summed E-state index contributed by atoms with van der Waals surface area (Å²) < 4.78 is 5.81. The second kappa shape index (κ2) is 11.2. The minimum atomic E-state index is -1.00. The number of hydrogen-bond acceptors (Lipinski definition) is 6. The Labute approximate surface area is 191 Å². The monoisotopic (exact) mass is 446 g/mol. The van der Waals surface area contributed by atoms with Gasteiger partial charge in [0.15, 0.2) is 5.78 Å². The van der Waals surface area contributed by atoms with Gasteiger partial charge in [-0.3, -0.25) is 9.59 Å². The van der Waals surface area contributed by atoms with Crippen molar-refractivity contribution in [1.29, 1.82) is 0 Å². The second-order valence-electron chi connectivity index (χ2n) is 9.47. The van der Waals surface area contributed by atoms with Crippen LogP contribution in [0, 0.1) is 23.2 Å². The zero-order valence-electron chi connectivity index (χ0n) is 19.7. The Balaban J connectivity index is 2.07. The van der Waals surface area contributed by atoms with E-state index < -0.39 is 35.6 Å². The number of fused-ring (bicyclic) bond motifs is 1. The van der Waals surface area contributed by atoms with Crippen LogP contribution < -0.4 is 0 Å². The predicted molar refractivity (Wildman–Crippen MR) is 124 cm³/mol. The number of ether oxygens (including phenoxy) is 1. The molecule has 0 heterocycles. The van der Waals surface area contributed by atoms with Gasteiger partial charge in [-0.2, -0.15) is 0 Å². The summed E-state index contributed by atoms with van der Waals surface area (Å²) in [5.41, 5.74) is 1.09. The number of aliphatic hydroxyl groups is 3. The normalized spacial score (nSPS) is 31.2. The highest BCUT2D eigenvalue weighted by molar-refractivity contribution is 5.95. The van der Waals surface area contributed by atoms with Gasteiger partial charge in [0, 0.05) is 17.3 Å². The van der Waals surface area contributed by atoms with E-state index in [4.69, 9.17) is 4.74 Å². The highest BCUT2D eigenvalue weighted by atomic mass is 16.5. The van der Waals surface area contributed by atoms with E-state index in [1.54, 1.807) is 38.2 Å². The van der Waals surface area contributed by atoms with Crippen molar-refractivity contribution in [2.45, 2.75) is 71.7 Å². The molecule has 7 atom stereocenters. The molecular weight excluding hydrogens is 408 g/mol. The Kier molecular flexibility index (Phi) is 9.19. The molecule has 2 rings (SSSR count). The smallest absolute Gasteiger partial charge is 0.311 e. The van der Waals surface area contributed by atoms with Gasteiger partial charge in [-0.25, -0.2) is 0 Å². The molecule has 1 saturated carbocycles. The Bertz CT molecular complexity index is 792. The lowest BCUT2D eigenvalue weighted by Crippen LogP contribution is -2.50. The molecule has 0 bridgehead atoms. The molecule has 0 aromatic rings.